The molecule has 1 N–H and O–H groups in total. The van der Waals surface area contributed by atoms with Gasteiger partial charge in [-0.05, 0) is 23.8 Å². The molecule has 0 fully saturated rings. The van der Waals surface area contributed by atoms with Gasteiger partial charge in [-0.3, -0.25) is 14.8 Å². The minimum absolute atomic E-state index is 0.111. The predicted molar refractivity (Wildman–Crippen MR) is 65.6 cm³/mol. The van der Waals surface area contributed by atoms with E-state index in [0.29, 0.717) is 0 Å². The average molecular weight is 301 g/mol. The van der Waals surface area contributed by atoms with Crippen molar-refractivity contribution in [1.82, 2.24) is 15.1 Å². The highest BCUT2D eigenvalue weighted by atomic mass is 19.4. The molecule has 1 amide bonds. The highest BCUT2D eigenvalue weighted by Crippen LogP contribution is 2.26. The number of hydrogen-bond donors (Lipinski definition) is 1. The number of alkyl halides is 3. The van der Waals surface area contributed by atoms with E-state index in [1.807, 2.05) is 0 Å². The van der Waals surface area contributed by atoms with E-state index >= 15 is 0 Å². The van der Waals surface area contributed by atoms with Gasteiger partial charge in [-0.25, -0.2) is 4.39 Å². The van der Waals surface area contributed by atoms with Crippen LogP contribution >= 0.6 is 0 Å². The zero-order chi connectivity index (χ0) is 15.6. The molecule has 4 nitrogen and oxygen atoms in total. The maximum Gasteiger partial charge on any atom is 0.484 e. The normalized spacial score (nSPS) is 13.0. The van der Waals surface area contributed by atoms with E-state index in [1.54, 1.807) is 0 Å². The Hall–Kier alpha value is -2.38. The van der Waals surface area contributed by atoms with Crippen LogP contribution in [0.4, 0.5) is 17.6 Å². The van der Waals surface area contributed by atoms with Crippen LogP contribution in [0.2, 0.25) is 0 Å². The molecular weight excluding hydrogens is 290 g/mol. The Morgan fingerprint density at radius 3 is 2.57 bits per heavy atom. The predicted octanol–water partition coefficient (Wildman–Crippen LogP) is 2.33. The first-order valence-electron chi connectivity index (χ1n) is 5.90. The molecule has 0 bridgehead atoms. The second-order valence-electron chi connectivity index (χ2n) is 4.35. The van der Waals surface area contributed by atoms with Crippen molar-refractivity contribution in [3.05, 3.63) is 53.6 Å². The molecule has 2 rings (SSSR count). The third kappa shape index (κ3) is 3.59. The fourth-order valence-electron chi connectivity index (χ4n) is 2.02. The number of nitrogens with one attached hydrogen (secondary N) is 1. The molecule has 1 aromatic heterocycles. The summed E-state index contributed by atoms with van der Waals surface area (Å²) in [7, 11) is 1.49. The molecule has 2 aromatic rings. The monoisotopic (exact) mass is 301 g/mol. The van der Waals surface area contributed by atoms with Crippen LogP contribution in [-0.2, 0) is 11.8 Å². The Labute approximate surface area is 117 Å². The molecule has 0 spiro atoms. The van der Waals surface area contributed by atoms with Crippen molar-refractivity contribution in [2.45, 2.75) is 12.2 Å². The Bertz CT molecular complexity index is 651. The van der Waals surface area contributed by atoms with Crippen LogP contribution in [0.5, 0.6) is 0 Å². The lowest BCUT2D eigenvalue weighted by atomic mass is 9.94. The summed E-state index contributed by atoms with van der Waals surface area (Å²) in [6, 6.07) is 6.29. The Kier molecular flexibility index (Phi) is 3.97. The largest absolute Gasteiger partial charge is 0.484 e. The molecule has 1 unspecified atom stereocenters. The standard InChI is InChI=1S/C13H11F4N3O/c1-20-10(5-6-18-20)11(12(21)19-13(15,16)17)8-3-2-4-9(14)7-8/h2-7,11H,1H3,(H,19,21). The molecule has 8 heteroatoms. The summed E-state index contributed by atoms with van der Waals surface area (Å²) in [4.78, 5) is 11.9. The fraction of sp³-hybridized carbons (Fsp3) is 0.231. The van der Waals surface area contributed by atoms with Crippen LogP contribution in [-0.4, -0.2) is 22.0 Å². The van der Waals surface area contributed by atoms with Crippen LogP contribution < -0.4 is 5.32 Å². The summed E-state index contributed by atoms with van der Waals surface area (Å²) in [6.07, 6.45) is -3.51. The summed E-state index contributed by atoms with van der Waals surface area (Å²) in [5.74, 6) is -3.24. The molecule has 0 saturated heterocycles. The summed E-state index contributed by atoms with van der Waals surface area (Å²) in [5, 5.41) is 4.78. The Morgan fingerprint density at radius 1 is 1.33 bits per heavy atom. The molecule has 0 aliphatic heterocycles. The third-order valence-electron chi connectivity index (χ3n) is 2.86. The molecule has 0 aliphatic rings. The number of halogens is 4. The molecular formula is C13H11F4N3O. The van der Waals surface area contributed by atoms with Gasteiger partial charge in [-0.2, -0.15) is 18.3 Å². The van der Waals surface area contributed by atoms with Crippen LogP contribution in [0.15, 0.2) is 36.5 Å². The SMILES string of the molecule is Cn1nccc1C(C(=O)NC(F)(F)F)c1cccc(F)c1. The Balaban J connectivity index is 2.45. The van der Waals surface area contributed by atoms with Crippen molar-refractivity contribution in [2.24, 2.45) is 7.05 Å². The van der Waals surface area contributed by atoms with Gasteiger partial charge in [-0.1, -0.05) is 12.1 Å². The summed E-state index contributed by atoms with van der Waals surface area (Å²) in [6.45, 7) is 0. The zero-order valence-corrected chi connectivity index (χ0v) is 10.9. The lowest BCUT2D eigenvalue weighted by Gasteiger charge is -2.18. The molecule has 112 valence electrons. The zero-order valence-electron chi connectivity index (χ0n) is 10.9. The van der Waals surface area contributed by atoms with Crippen LogP contribution in [0.25, 0.3) is 0 Å². The van der Waals surface area contributed by atoms with E-state index in [9.17, 15) is 22.4 Å². The van der Waals surface area contributed by atoms with Gasteiger partial charge < -0.3 is 0 Å². The topological polar surface area (TPSA) is 46.9 Å². The third-order valence-corrected chi connectivity index (χ3v) is 2.86. The van der Waals surface area contributed by atoms with Gasteiger partial charge in [0.05, 0.1) is 5.69 Å². The first-order chi connectivity index (χ1) is 9.78. The number of amides is 1. The van der Waals surface area contributed by atoms with E-state index in [2.05, 4.69) is 5.10 Å². The molecule has 0 radical (unpaired) electrons. The van der Waals surface area contributed by atoms with Gasteiger partial charge in [0.2, 0.25) is 5.91 Å². The van der Waals surface area contributed by atoms with Crippen LogP contribution in [0.1, 0.15) is 17.2 Å². The second-order valence-corrected chi connectivity index (χ2v) is 4.35. The number of carbonyl (C=O) groups is 1. The number of hydrogen-bond acceptors (Lipinski definition) is 2. The highest BCUT2D eigenvalue weighted by molar-refractivity contribution is 5.86. The minimum atomic E-state index is -4.86. The van der Waals surface area contributed by atoms with Crippen LogP contribution in [0.3, 0.4) is 0 Å². The first-order valence-corrected chi connectivity index (χ1v) is 5.90. The Morgan fingerprint density at radius 2 is 2.05 bits per heavy atom. The van der Waals surface area contributed by atoms with Crippen molar-refractivity contribution in [3.63, 3.8) is 0 Å². The summed E-state index contributed by atoms with van der Waals surface area (Å²) >= 11 is 0. The van der Waals surface area contributed by atoms with E-state index in [1.165, 1.54) is 36.1 Å². The number of carbonyl (C=O) groups excluding carboxylic acids is 1. The van der Waals surface area contributed by atoms with Gasteiger partial charge >= 0.3 is 6.30 Å². The number of rotatable bonds is 3. The molecule has 21 heavy (non-hydrogen) atoms. The van der Waals surface area contributed by atoms with Gasteiger partial charge in [-0.15, -0.1) is 0 Å². The van der Waals surface area contributed by atoms with Gasteiger partial charge in [0, 0.05) is 13.2 Å². The fourth-order valence-corrected chi connectivity index (χ4v) is 2.02. The van der Waals surface area contributed by atoms with Gasteiger partial charge in [0.1, 0.15) is 11.7 Å². The van der Waals surface area contributed by atoms with Crippen molar-refractivity contribution in [2.75, 3.05) is 0 Å². The van der Waals surface area contributed by atoms with Gasteiger partial charge in [0.15, 0.2) is 0 Å². The molecule has 0 aliphatic carbocycles. The van der Waals surface area contributed by atoms with Crippen molar-refractivity contribution in [3.8, 4) is 0 Å². The molecule has 0 saturated carbocycles. The van der Waals surface area contributed by atoms with Crippen molar-refractivity contribution >= 4 is 5.91 Å². The summed E-state index contributed by atoms with van der Waals surface area (Å²) < 4.78 is 51.7. The van der Waals surface area contributed by atoms with E-state index in [-0.39, 0.29) is 11.3 Å². The number of aryl methyl sites for hydroxylation is 1. The molecule has 1 atom stereocenters. The summed E-state index contributed by atoms with van der Waals surface area (Å²) in [5.41, 5.74) is 0.336. The molecule has 1 heterocycles. The van der Waals surface area contributed by atoms with E-state index < -0.39 is 23.9 Å². The maximum absolute atomic E-state index is 13.3. The van der Waals surface area contributed by atoms with Crippen LogP contribution in [0, 0.1) is 5.82 Å². The minimum Gasteiger partial charge on any atom is -0.274 e. The van der Waals surface area contributed by atoms with Gasteiger partial charge in [0.25, 0.3) is 0 Å². The lowest BCUT2D eigenvalue weighted by Crippen LogP contribution is -2.41. The maximum atomic E-state index is 13.3. The van der Waals surface area contributed by atoms with Crippen molar-refractivity contribution < 1.29 is 22.4 Å². The number of benzene rings is 1. The second kappa shape index (κ2) is 5.55. The lowest BCUT2D eigenvalue weighted by molar-refractivity contribution is -0.170. The smallest absolute Gasteiger partial charge is 0.274 e. The first kappa shape index (κ1) is 15.0. The average Bonchev–Trinajstić information content (AvgIpc) is 2.74. The number of nitrogens with zero attached hydrogens (tertiary/aromatic N) is 2. The van der Waals surface area contributed by atoms with E-state index in [0.717, 1.165) is 17.4 Å². The highest BCUT2D eigenvalue weighted by Gasteiger charge is 2.35. The molecule has 1 aromatic carbocycles. The van der Waals surface area contributed by atoms with Crippen molar-refractivity contribution in [1.29, 1.82) is 0 Å². The number of aromatic nitrogens is 2. The quantitative estimate of drug-likeness (QED) is 0.698. The van der Waals surface area contributed by atoms with E-state index in [4.69, 9.17) is 0 Å².